The van der Waals surface area contributed by atoms with Gasteiger partial charge in [-0.3, -0.25) is 4.79 Å². The molecule has 22 heavy (non-hydrogen) atoms. The molecule has 0 saturated heterocycles. The van der Waals surface area contributed by atoms with E-state index in [4.69, 9.17) is 11.6 Å². The summed E-state index contributed by atoms with van der Waals surface area (Å²) in [6.07, 6.45) is 0.342. The fraction of sp³-hybridized carbons (Fsp3) is 0.267. The lowest BCUT2D eigenvalue weighted by atomic mass is 10.2. The Morgan fingerprint density at radius 3 is 2.95 bits per heavy atom. The van der Waals surface area contributed by atoms with Crippen molar-refractivity contribution in [3.63, 3.8) is 0 Å². The lowest BCUT2D eigenvalue weighted by Gasteiger charge is -2.07. The number of halogens is 1. The van der Waals surface area contributed by atoms with E-state index in [1.165, 1.54) is 18.9 Å². The van der Waals surface area contributed by atoms with Crippen molar-refractivity contribution in [2.75, 3.05) is 12.9 Å². The van der Waals surface area contributed by atoms with Crippen molar-refractivity contribution in [2.45, 2.75) is 18.4 Å². The molecule has 0 atom stereocenters. The second-order valence-electron chi connectivity index (χ2n) is 4.74. The molecule has 3 rings (SSSR count). The Balaban J connectivity index is 2.07. The Kier molecular flexibility index (Phi) is 4.22. The summed E-state index contributed by atoms with van der Waals surface area (Å²) in [6, 6.07) is 7.89. The molecule has 0 amide bonds. The fourth-order valence-corrected chi connectivity index (χ4v) is 3.30. The summed E-state index contributed by atoms with van der Waals surface area (Å²) in [4.78, 5) is 15.9. The first-order valence-electron chi connectivity index (χ1n) is 6.75. The van der Waals surface area contributed by atoms with Crippen molar-refractivity contribution < 1.29 is 9.53 Å². The minimum absolute atomic E-state index is 0.226. The van der Waals surface area contributed by atoms with Gasteiger partial charge in [-0.05, 0) is 13.0 Å². The van der Waals surface area contributed by atoms with E-state index in [9.17, 15) is 4.79 Å². The van der Waals surface area contributed by atoms with E-state index < -0.39 is 0 Å². The zero-order valence-corrected chi connectivity index (χ0v) is 13.7. The molecule has 0 N–H and O–H groups in total. The first kappa shape index (κ1) is 15.1. The molecule has 7 heteroatoms. The Labute approximate surface area is 136 Å². The first-order valence-corrected chi connectivity index (χ1v) is 8.11. The van der Waals surface area contributed by atoms with Crippen LogP contribution in [0.15, 0.2) is 29.3 Å². The zero-order chi connectivity index (χ0) is 15.7. The Morgan fingerprint density at radius 2 is 2.18 bits per heavy atom. The number of carbonyl (C=O) groups excluding carboxylic acids is 1. The number of hydrogen-bond donors (Lipinski definition) is 0. The molecule has 0 saturated carbocycles. The molecule has 0 fully saturated rings. The van der Waals surface area contributed by atoms with Gasteiger partial charge in [0.15, 0.2) is 5.65 Å². The van der Waals surface area contributed by atoms with Gasteiger partial charge in [0.1, 0.15) is 10.0 Å². The van der Waals surface area contributed by atoms with Crippen LogP contribution in [0.2, 0.25) is 5.02 Å². The highest BCUT2D eigenvalue weighted by molar-refractivity contribution is 7.99. The van der Waals surface area contributed by atoms with Crippen LogP contribution in [0.25, 0.3) is 16.6 Å². The molecule has 0 bridgehead atoms. The first-order chi connectivity index (χ1) is 10.6. The molecule has 3 aromatic rings. The van der Waals surface area contributed by atoms with E-state index in [1.54, 1.807) is 4.52 Å². The number of nitrogens with zero attached hydrogens (tertiary/aromatic N) is 3. The number of benzene rings is 1. The quantitative estimate of drug-likeness (QED) is 0.415. The van der Waals surface area contributed by atoms with Gasteiger partial charge < -0.3 is 4.74 Å². The van der Waals surface area contributed by atoms with Crippen LogP contribution in [0.3, 0.4) is 0 Å². The van der Waals surface area contributed by atoms with Crippen LogP contribution in [0.4, 0.5) is 0 Å². The van der Waals surface area contributed by atoms with E-state index in [0.717, 1.165) is 21.6 Å². The van der Waals surface area contributed by atoms with Crippen LogP contribution in [0, 0.1) is 6.92 Å². The van der Waals surface area contributed by atoms with Gasteiger partial charge in [-0.25, -0.2) is 9.50 Å². The van der Waals surface area contributed by atoms with Crippen LogP contribution < -0.4 is 0 Å². The van der Waals surface area contributed by atoms with E-state index >= 15 is 0 Å². The van der Waals surface area contributed by atoms with E-state index in [0.29, 0.717) is 22.8 Å². The molecule has 0 aliphatic heterocycles. The second-order valence-corrected chi connectivity index (χ2v) is 6.21. The summed E-state index contributed by atoms with van der Waals surface area (Å²) in [5.74, 6) is 0.376. The molecule has 1 aromatic carbocycles. The number of thioether (sulfide) groups is 1. The van der Waals surface area contributed by atoms with Gasteiger partial charge >= 0.3 is 5.97 Å². The highest BCUT2D eigenvalue weighted by Crippen LogP contribution is 2.30. The van der Waals surface area contributed by atoms with Gasteiger partial charge in [0, 0.05) is 11.1 Å². The summed E-state index contributed by atoms with van der Waals surface area (Å²) < 4.78 is 6.42. The summed E-state index contributed by atoms with van der Waals surface area (Å²) in [5, 5.41) is 6.83. The molecule has 0 aliphatic rings. The molecular weight excluding hydrogens is 322 g/mol. The summed E-state index contributed by atoms with van der Waals surface area (Å²) in [5.41, 5.74) is 2.33. The van der Waals surface area contributed by atoms with Crippen LogP contribution >= 0.6 is 23.4 Å². The lowest BCUT2D eigenvalue weighted by molar-refractivity contribution is -0.140. The highest BCUT2D eigenvalue weighted by Gasteiger charge is 2.15. The van der Waals surface area contributed by atoms with Gasteiger partial charge in [0.25, 0.3) is 0 Å². The van der Waals surface area contributed by atoms with Crippen molar-refractivity contribution in [2.24, 2.45) is 0 Å². The average Bonchev–Trinajstić information content (AvgIpc) is 2.83. The van der Waals surface area contributed by atoms with Crippen LogP contribution in [-0.2, 0) is 9.53 Å². The smallest absolute Gasteiger partial charge is 0.306 e. The van der Waals surface area contributed by atoms with Crippen molar-refractivity contribution in [3.8, 4) is 0 Å². The number of rotatable bonds is 4. The number of aromatic nitrogens is 3. The number of hydrogen-bond acceptors (Lipinski definition) is 5. The highest BCUT2D eigenvalue weighted by atomic mass is 35.5. The van der Waals surface area contributed by atoms with E-state index in [2.05, 4.69) is 14.8 Å². The van der Waals surface area contributed by atoms with Gasteiger partial charge in [-0.15, -0.1) is 11.8 Å². The molecule has 0 unspecified atom stereocenters. The fourth-order valence-electron chi connectivity index (χ4n) is 2.20. The molecule has 2 heterocycles. The van der Waals surface area contributed by atoms with Crippen molar-refractivity contribution in [3.05, 3.63) is 35.0 Å². The predicted octanol–water partition coefficient (Wildman–Crippen LogP) is 3.50. The maximum Gasteiger partial charge on any atom is 0.306 e. The second kappa shape index (κ2) is 6.14. The van der Waals surface area contributed by atoms with E-state index in [-0.39, 0.29) is 5.97 Å². The standard InChI is InChI=1S/C15H14ClN3O2S/c1-9-13(16)14-17-15(22-8-7-12(20)21-2)10-5-3-4-6-11(10)19(14)18-9/h3-6H,7-8H2,1-2H3. The molecule has 0 spiro atoms. The van der Waals surface area contributed by atoms with Crippen LogP contribution in [0.1, 0.15) is 12.1 Å². The van der Waals surface area contributed by atoms with Gasteiger partial charge in [-0.1, -0.05) is 29.8 Å². The number of para-hydroxylation sites is 1. The summed E-state index contributed by atoms with van der Waals surface area (Å²) >= 11 is 7.81. The third-order valence-corrected chi connectivity index (χ3v) is 4.74. The van der Waals surface area contributed by atoms with Crippen molar-refractivity contribution in [1.29, 1.82) is 0 Å². The van der Waals surface area contributed by atoms with Gasteiger partial charge in [0.2, 0.25) is 0 Å². The summed E-state index contributed by atoms with van der Waals surface area (Å²) in [7, 11) is 1.39. The molecular formula is C15H14ClN3O2S. The largest absolute Gasteiger partial charge is 0.469 e. The zero-order valence-electron chi connectivity index (χ0n) is 12.2. The molecule has 0 radical (unpaired) electrons. The van der Waals surface area contributed by atoms with Gasteiger partial charge in [0.05, 0.1) is 24.7 Å². The molecule has 5 nitrogen and oxygen atoms in total. The maximum absolute atomic E-state index is 11.2. The van der Waals surface area contributed by atoms with Crippen LogP contribution in [0.5, 0.6) is 0 Å². The van der Waals surface area contributed by atoms with Crippen molar-refractivity contribution in [1.82, 2.24) is 14.6 Å². The minimum atomic E-state index is -0.226. The average molecular weight is 336 g/mol. The number of fused-ring (bicyclic) bond motifs is 3. The van der Waals surface area contributed by atoms with E-state index in [1.807, 2.05) is 31.2 Å². The maximum atomic E-state index is 11.2. The Morgan fingerprint density at radius 1 is 1.41 bits per heavy atom. The number of ether oxygens (including phenoxy) is 1. The molecule has 2 aromatic heterocycles. The molecule has 114 valence electrons. The summed E-state index contributed by atoms with van der Waals surface area (Å²) in [6.45, 7) is 1.86. The lowest BCUT2D eigenvalue weighted by Crippen LogP contribution is -2.02. The third-order valence-electron chi connectivity index (χ3n) is 3.31. The topological polar surface area (TPSA) is 56.5 Å². The predicted molar refractivity (Wildman–Crippen MR) is 87.6 cm³/mol. The number of esters is 1. The normalized spacial score (nSPS) is 11.2. The third kappa shape index (κ3) is 2.64. The van der Waals surface area contributed by atoms with Crippen LogP contribution in [-0.4, -0.2) is 33.4 Å². The molecule has 0 aliphatic carbocycles. The SMILES string of the molecule is COC(=O)CCSc1nc2c(Cl)c(C)nn2c2ccccc12. The van der Waals surface area contributed by atoms with Crippen molar-refractivity contribution >= 4 is 45.9 Å². The monoisotopic (exact) mass is 335 g/mol. The number of aryl methyl sites for hydroxylation is 1. The minimum Gasteiger partial charge on any atom is -0.469 e. The number of carbonyl (C=O) groups is 1. The van der Waals surface area contributed by atoms with Gasteiger partial charge in [-0.2, -0.15) is 5.10 Å². The Hall–Kier alpha value is -1.79. The Bertz CT molecular complexity index is 863. The number of methoxy groups -OCH3 is 1.